The van der Waals surface area contributed by atoms with Gasteiger partial charge in [0.25, 0.3) is 0 Å². The third-order valence-corrected chi connectivity index (χ3v) is 2.30. The fourth-order valence-electron chi connectivity index (χ4n) is 0.981. The van der Waals surface area contributed by atoms with Crippen LogP contribution < -0.4 is 0 Å². The van der Waals surface area contributed by atoms with Gasteiger partial charge in [0.1, 0.15) is 5.76 Å². The monoisotopic (exact) mass is 190 g/mol. The van der Waals surface area contributed by atoms with Gasteiger partial charge in [0, 0.05) is 0 Å². The largest absolute Gasteiger partial charge is 0.465 e. The van der Waals surface area contributed by atoms with Gasteiger partial charge in [-0.25, -0.2) is 0 Å². The molecule has 0 bridgehead atoms. The van der Waals surface area contributed by atoms with Crippen LogP contribution in [0.2, 0.25) is 0 Å². The number of furan rings is 1. The van der Waals surface area contributed by atoms with E-state index >= 15 is 0 Å². The zero-order chi connectivity index (χ0) is 10.8. The molecule has 0 spiro atoms. The lowest BCUT2D eigenvalue weighted by Crippen LogP contribution is -2.05. The molecule has 0 aliphatic rings. The zero-order valence-electron chi connectivity index (χ0n) is 9.42. The van der Waals surface area contributed by atoms with Crippen LogP contribution in [0.15, 0.2) is 35.0 Å². The highest BCUT2D eigenvalue weighted by Gasteiger charge is 2.11. The van der Waals surface area contributed by atoms with Crippen molar-refractivity contribution in [1.29, 1.82) is 0 Å². The predicted molar refractivity (Wildman–Crippen MR) is 61.1 cm³/mol. The molecule has 0 atom stereocenters. The summed E-state index contributed by atoms with van der Waals surface area (Å²) in [6.07, 6.45) is 5.70. The maximum atomic E-state index is 5.30. The van der Waals surface area contributed by atoms with Gasteiger partial charge in [-0.3, -0.25) is 0 Å². The summed E-state index contributed by atoms with van der Waals surface area (Å²) in [6, 6.07) is 1.96. The van der Waals surface area contributed by atoms with Crippen molar-refractivity contribution >= 4 is 6.08 Å². The van der Waals surface area contributed by atoms with Crippen LogP contribution in [0.3, 0.4) is 0 Å². The normalized spacial score (nSPS) is 12.3. The third kappa shape index (κ3) is 2.63. The summed E-state index contributed by atoms with van der Waals surface area (Å²) in [5, 5.41) is 0. The molecule has 14 heavy (non-hydrogen) atoms. The Bertz CT molecular complexity index is 348. The second-order valence-corrected chi connectivity index (χ2v) is 4.58. The molecular formula is C13H18O. The zero-order valence-corrected chi connectivity index (χ0v) is 9.42. The van der Waals surface area contributed by atoms with Gasteiger partial charge in [-0.15, -0.1) is 0 Å². The molecule has 1 heterocycles. The molecule has 0 amide bonds. The Morgan fingerprint density at radius 3 is 2.50 bits per heavy atom. The lowest BCUT2D eigenvalue weighted by atomic mass is 9.87. The van der Waals surface area contributed by atoms with Gasteiger partial charge in [-0.2, -0.15) is 0 Å². The lowest BCUT2D eigenvalue weighted by Gasteiger charge is -2.18. The molecule has 1 rings (SSSR count). The summed E-state index contributed by atoms with van der Waals surface area (Å²) in [4.78, 5) is 0. The van der Waals surface area contributed by atoms with E-state index in [4.69, 9.17) is 4.42 Å². The Labute approximate surface area is 86.1 Å². The van der Waals surface area contributed by atoms with E-state index in [1.165, 1.54) is 0 Å². The first kappa shape index (κ1) is 10.8. The molecule has 0 saturated heterocycles. The van der Waals surface area contributed by atoms with Crippen molar-refractivity contribution < 1.29 is 4.42 Å². The van der Waals surface area contributed by atoms with Crippen LogP contribution in [-0.4, -0.2) is 0 Å². The number of rotatable bonds is 2. The molecule has 0 radical (unpaired) electrons. The fourth-order valence-corrected chi connectivity index (χ4v) is 0.981. The van der Waals surface area contributed by atoms with Crippen LogP contribution in [-0.2, 0) is 0 Å². The van der Waals surface area contributed by atoms with Crippen molar-refractivity contribution in [3.8, 4) is 0 Å². The predicted octanol–water partition coefficient (Wildman–Crippen LogP) is 4.20. The average Bonchev–Trinajstić information content (AvgIpc) is 2.45. The van der Waals surface area contributed by atoms with E-state index in [1.807, 2.05) is 25.1 Å². The van der Waals surface area contributed by atoms with Gasteiger partial charge in [0.05, 0.1) is 6.26 Å². The second kappa shape index (κ2) is 3.87. The van der Waals surface area contributed by atoms with Crippen molar-refractivity contribution in [2.75, 3.05) is 0 Å². The second-order valence-electron chi connectivity index (χ2n) is 4.58. The van der Waals surface area contributed by atoms with Crippen molar-refractivity contribution in [1.82, 2.24) is 0 Å². The van der Waals surface area contributed by atoms with Gasteiger partial charge >= 0.3 is 0 Å². The van der Waals surface area contributed by atoms with Crippen LogP contribution >= 0.6 is 0 Å². The Hall–Kier alpha value is -1.24. The molecule has 76 valence electrons. The average molecular weight is 190 g/mol. The van der Waals surface area contributed by atoms with Gasteiger partial charge in [0.2, 0.25) is 0 Å². The number of allylic oxidation sites excluding steroid dienone is 2. The molecule has 0 unspecified atom stereocenters. The van der Waals surface area contributed by atoms with Gasteiger partial charge in [-0.1, -0.05) is 33.4 Å². The topological polar surface area (TPSA) is 13.1 Å². The summed E-state index contributed by atoms with van der Waals surface area (Å²) in [7, 11) is 0. The SMILES string of the molecule is C=C(/C=C\c1occc1C)C(C)(C)C. The van der Waals surface area contributed by atoms with Gasteiger partial charge in [0.15, 0.2) is 0 Å². The molecule has 1 nitrogen and oxygen atoms in total. The van der Waals surface area contributed by atoms with Gasteiger partial charge in [-0.05, 0) is 35.6 Å². The minimum absolute atomic E-state index is 0.122. The Kier molecular flexibility index (Phi) is 3.00. The maximum Gasteiger partial charge on any atom is 0.129 e. The molecular weight excluding hydrogens is 172 g/mol. The Morgan fingerprint density at radius 1 is 1.43 bits per heavy atom. The van der Waals surface area contributed by atoms with Crippen LogP contribution in [0, 0.1) is 12.3 Å². The van der Waals surface area contributed by atoms with E-state index in [0.717, 1.165) is 16.9 Å². The summed E-state index contributed by atoms with van der Waals surface area (Å²) >= 11 is 0. The Morgan fingerprint density at radius 2 is 2.07 bits per heavy atom. The summed E-state index contributed by atoms with van der Waals surface area (Å²) < 4.78 is 5.30. The summed E-state index contributed by atoms with van der Waals surface area (Å²) in [6.45, 7) is 12.5. The first-order valence-corrected chi connectivity index (χ1v) is 4.83. The van der Waals surface area contributed by atoms with Crippen molar-refractivity contribution in [2.45, 2.75) is 27.7 Å². The number of hydrogen-bond donors (Lipinski definition) is 0. The molecule has 0 fully saturated rings. The molecule has 0 N–H and O–H groups in total. The first-order valence-electron chi connectivity index (χ1n) is 4.83. The highest BCUT2D eigenvalue weighted by Crippen LogP contribution is 2.25. The molecule has 0 aliphatic heterocycles. The van der Waals surface area contributed by atoms with Crippen LogP contribution in [0.1, 0.15) is 32.1 Å². The Balaban J connectivity index is 2.75. The molecule has 0 aromatic carbocycles. The molecule has 0 aliphatic carbocycles. The van der Waals surface area contributed by atoms with Crippen molar-refractivity contribution in [3.63, 3.8) is 0 Å². The minimum atomic E-state index is 0.122. The van der Waals surface area contributed by atoms with Crippen molar-refractivity contribution in [2.24, 2.45) is 5.41 Å². The molecule has 1 heteroatoms. The molecule has 0 saturated carbocycles. The van der Waals surface area contributed by atoms with Crippen molar-refractivity contribution in [3.05, 3.63) is 41.9 Å². The van der Waals surface area contributed by atoms with E-state index in [0.29, 0.717) is 0 Å². The summed E-state index contributed by atoms with van der Waals surface area (Å²) in [5.41, 5.74) is 2.38. The van der Waals surface area contributed by atoms with E-state index < -0.39 is 0 Å². The summed E-state index contributed by atoms with van der Waals surface area (Å²) in [5.74, 6) is 0.912. The molecule has 1 aromatic heterocycles. The molecule has 1 aromatic rings. The smallest absolute Gasteiger partial charge is 0.129 e. The quantitative estimate of drug-likeness (QED) is 0.637. The highest BCUT2D eigenvalue weighted by molar-refractivity contribution is 5.51. The van der Waals surface area contributed by atoms with E-state index in [2.05, 4.69) is 27.4 Å². The fraction of sp³-hybridized carbons (Fsp3) is 0.385. The number of aryl methyl sites for hydroxylation is 1. The van der Waals surface area contributed by atoms with E-state index in [9.17, 15) is 0 Å². The van der Waals surface area contributed by atoms with Crippen LogP contribution in [0.25, 0.3) is 6.08 Å². The van der Waals surface area contributed by atoms with Crippen LogP contribution in [0.5, 0.6) is 0 Å². The standard InChI is InChI=1S/C13H18O/c1-10-8-9-14-12(10)7-6-11(2)13(3,4)5/h6-9H,2H2,1,3-5H3/b7-6-. The maximum absolute atomic E-state index is 5.30. The highest BCUT2D eigenvalue weighted by atomic mass is 16.3. The third-order valence-electron chi connectivity index (χ3n) is 2.30. The lowest BCUT2D eigenvalue weighted by molar-refractivity contribution is 0.519. The van der Waals surface area contributed by atoms with E-state index in [1.54, 1.807) is 6.26 Å². The minimum Gasteiger partial charge on any atom is -0.465 e. The number of hydrogen-bond acceptors (Lipinski definition) is 1. The van der Waals surface area contributed by atoms with Crippen LogP contribution in [0.4, 0.5) is 0 Å². The first-order chi connectivity index (χ1) is 6.41. The van der Waals surface area contributed by atoms with Gasteiger partial charge < -0.3 is 4.42 Å². The van der Waals surface area contributed by atoms with E-state index in [-0.39, 0.29) is 5.41 Å².